The molecule has 9 heteroatoms. The summed E-state index contributed by atoms with van der Waals surface area (Å²) in [5.74, 6) is -1.91. The van der Waals surface area contributed by atoms with Gasteiger partial charge >= 0.3 is 0 Å². The number of rotatable bonds is 5. The van der Waals surface area contributed by atoms with E-state index in [0.717, 1.165) is 29.2 Å². The van der Waals surface area contributed by atoms with Crippen LogP contribution in [-0.4, -0.2) is 35.0 Å². The van der Waals surface area contributed by atoms with Gasteiger partial charge in [-0.3, -0.25) is 9.78 Å². The van der Waals surface area contributed by atoms with Crippen LogP contribution in [0.25, 0.3) is 10.6 Å². The van der Waals surface area contributed by atoms with Gasteiger partial charge in [0.25, 0.3) is 0 Å². The quantitative estimate of drug-likeness (QED) is 0.604. The van der Waals surface area contributed by atoms with Crippen LogP contribution in [-0.2, 0) is 6.42 Å². The summed E-state index contributed by atoms with van der Waals surface area (Å²) in [5, 5.41) is 0.115. The van der Waals surface area contributed by atoms with E-state index < -0.39 is 17.8 Å². The van der Waals surface area contributed by atoms with E-state index in [-0.39, 0.29) is 33.5 Å². The molecule has 1 aromatic carbocycles. The Balaban J connectivity index is 1.59. The molecule has 1 aliphatic rings. The Morgan fingerprint density at radius 1 is 1.20 bits per heavy atom. The van der Waals surface area contributed by atoms with E-state index in [4.69, 9.17) is 5.73 Å². The Hall–Kier alpha value is -2.94. The Morgan fingerprint density at radius 3 is 2.60 bits per heavy atom. The van der Waals surface area contributed by atoms with Gasteiger partial charge in [-0.25, -0.2) is 18.2 Å². The third-order valence-corrected chi connectivity index (χ3v) is 5.99. The van der Waals surface area contributed by atoms with E-state index in [9.17, 15) is 18.0 Å². The lowest BCUT2D eigenvalue weighted by atomic mass is 10.0. The Labute approximate surface area is 175 Å². The van der Waals surface area contributed by atoms with Crippen LogP contribution in [0.3, 0.4) is 0 Å². The summed E-state index contributed by atoms with van der Waals surface area (Å²) < 4.78 is 41.6. The molecule has 156 valence electrons. The lowest BCUT2D eigenvalue weighted by Crippen LogP contribution is -2.35. The number of Topliss-reactive ketones (excluding diaryl/α,β-unsaturated/α-hetero) is 1. The third-order valence-electron chi connectivity index (χ3n) is 5.09. The largest absolute Gasteiger partial charge is 0.389 e. The van der Waals surface area contributed by atoms with Gasteiger partial charge in [-0.2, -0.15) is 0 Å². The first-order valence-corrected chi connectivity index (χ1v) is 10.3. The molecule has 1 aliphatic heterocycles. The SMILES string of the molecule is Nc1sc(-c2c(F)cccc2F)nc1C(=O)Cc1cnccc1N1CCC(F)CC1. The molecule has 3 heterocycles. The van der Waals surface area contributed by atoms with Crippen molar-refractivity contribution >= 4 is 27.8 Å². The molecule has 0 atom stereocenters. The molecule has 2 N–H and O–H groups in total. The number of nitrogens with zero attached hydrogens (tertiary/aromatic N) is 3. The number of alkyl halides is 1. The smallest absolute Gasteiger partial charge is 0.188 e. The molecule has 0 radical (unpaired) electrons. The molecular formula is C21H19F3N4OS. The third kappa shape index (κ3) is 4.02. The van der Waals surface area contributed by atoms with Crippen molar-refractivity contribution in [2.45, 2.75) is 25.4 Å². The zero-order valence-electron chi connectivity index (χ0n) is 15.9. The van der Waals surface area contributed by atoms with Crippen molar-refractivity contribution in [3.05, 3.63) is 59.6 Å². The lowest BCUT2D eigenvalue weighted by molar-refractivity contribution is 0.0989. The summed E-state index contributed by atoms with van der Waals surface area (Å²) in [6, 6.07) is 5.30. The normalized spacial score (nSPS) is 14.8. The van der Waals surface area contributed by atoms with E-state index in [0.29, 0.717) is 31.5 Å². The number of hydrogen-bond acceptors (Lipinski definition) is 6. The minimum absolute atomic E-state index is 0.0166. The molecule has 0 saturated carbocycles. The van der Waals surface area contributed by atoms with Crippen molar-refractivity contribution in [1.29, 1.82) is 0 Å². The van der Waals surface area contributed by atoms with Crippen LogP contribution in [0.1, 0.15) is 28.9 Å². The molecule has 1 fully saturated rings. The first-order chi connectivity index (χ1) is 14.4. The highest BCUT2D eigenvalue weighted by Gasteiger charge is 2.24. The predicted octanol–water partition coefficient (Wildman–Crippen LogP) is 4.43. The van der Waals surface area contributed by atoms with E-state index in [1.54, 1.807) is 18.5 Å². The topological polar surface area (TPSA) is 72.1 Å². The van der Waals surface area contributed by atoms with Gasteiger partial charge in [-0.05, 0) is 31.0 Å². The highest BCUT2D eigenvalue weighted by atomic mass is 32.1. The van der Waals surface area contributed by atoms with E-state index >= 15 is 0 Å². The molecular weight excluding hydrogens is 413 g/mol. The van der Waals surface area contributed by atoms with E-state index in [2.05, 4.69) is 9.97 Å². The summed E-state index contributed by atoms with van der Waals surface area (Å²) >= 11 is 0.865. The number of aromatic nitrogens is 2. The number of carbonyl (C=O) groups excluding carboxylic acids is 1. The number of thiazole rings is 1. The van der Waals surface area contributed by atoms with Crippen LogP contribution in [0.15, 0.2) is 36.7 Å². The first kappa shape index (κ1) is 20.3. The van der Waals surface area contributed by atoms with Crippen LogP contribution in [0.4, 0.5) is 23.9 Å². The number of nitrogens with two attached hydrogens (primary N) is 1. The van der Waals surface area contributed by atoms with Gasteiger partial charge in [0.1, 0.15) is 33.5 Å². The first-order valence-electron chi connectivity index (χ1n) is 9.50. The molecule has 5 nitrogen and oxygen atoms in total. The van der Waals surface area contributed by atoms with Crippen LogP contribution in [0.5, 0.6) is 0 Å². The van der Waals surface area contributed by atoms with Crippen molar-refractivity contribution in [1.82, 2.24) is 9.97 Å². The Kier molecular flexibility index (Phi) is 5.72. The average molecular weight is 432 g/mol. The molecule has 0 bridgehead atoms. The highest BCUT2D eigenvalue weighted by Crippen LogP contribution is 2.34. The minimum atomic E-state index is -0.805. The van der Waals surface area contributed by atoms with Crippen LogP contribution in [0.2, 0.25) is 0 Å². The second-order valence-electron chi connectivity index (χ2n) is 7.09. The summed E-state index contributed by atoms with van der Waals surface area (Å²) in [7, 11) is 0. The number of hydrogen-bond donors (Lipinski definition) is 1. The van der Waals surface area contributed by atoms with Crippen molar-refractivity contribution in [3.8, 4) is 10.6 Å². The Bertz CT molecular complexity index is 1060. The predicted molar refractivity (Wildman–Crippen MR) is 110 cm³/mol. The van der Waals surface area contributed by atoms with Crippen LogP contribution < -0.4 is 10.6 Å². The molecule has 0 unspecified atom stereocenters. The second kappa shape index (κ2) is 8.43. The number of piperidine rings is 1. The molecule has 0 spiro atoms. The number of benzene rings is 1. The minimum Gasteiger partial charge on any atom is -0.389 e. The number of ketones is 1. The van der Waals surface area contributed by atoms with Gasteiger partial charge in [0.2, 0.25) is 0 Å². The Morgan fingerprint density at radius 2 is 1.90 bits per heavy atom. The maximum Gasteiger partial charge on any atom is 0.188 e. The zero-order chi connectivity index (χ0) is 21.3. The van der Waals surface area contributed by atoms with Crippen LogP contribution >= 0.6 is 11.3 Å². The maximum absolute atomic E-state index is 14.1. The van der Waals surface area contributed by atoms with E-state index in [1.807, 2.05) is 4.90 Å². The number of halogens is 3. The van der Waals surface area contributed by atoms with Gasteiger partial charge < -0.3 is 10.6 Å². The molecule has 3 aromatic rings. The fraction of sp³-hybridized carbons (Fsp3) is 0.286. The molecule has 2 aromatic heterocycles. The average Bonchev–Trinajstić information content (AvgIpc) is 3.10. The van der Waals surface area contributed by atoms with Crippen LogP contribution in [0, 0.1) is 11.6 Å². The lowest BCUT2D eigenvalue weighted by Gasteiger charge is -2.31. The van der Waals surface area contributed by atoms with Gasteiger partial charge in [0, 0.05) is 43.2 Å². The fourth-order valence-corrected chi connectivity index (χ4v) is 4.45. The van der Waals surface area contributed by atoms with Crippen molar-refractivity contribution < 1.29 is 18.0 Å². The molecule has 30 heavy (non-hydrogen) atoms. The standard InChI is InChI=1S/C21H19F3N4OS/c22-13-5-8-28(9-6-13)16-4-7-26-11-12(16)10-17(29)19-20(25)30-21(27-19)18-14(23)2-1-3-15(18)24/h1-4,7,11,13H,5-6,8-10,25H2. The second-order valence-corrected chi connectivity index (χ2v) is 8.13. The summed E-state index contributed by atoms with van der Waals surface area (Å²) in [4.78, 5) is 23.2. The van der Waals surface area contributed by atoms with E-state index in [1.165, 1.54) is 6.07 Å². The molecule has 0 aliphatic carbocycles. The van der Waals surface area contributed by atoms with Gasteiger partial charge in [-0.1, -0.05) is 17.4 Å². The van der Waals surface area contributed by atoms with Crippen molar-refractivity contribution in [3.63, 3.8) is 0 Å². The number of carbonyl (C=O) groups is 1. The fourth-order valence-electron chi connectivity index (χ4n) is 3.55. The number of nitrogen functional groups attached to an aromatic ring is 1. The molecule has 0 amide bonds. The van der Waals surface area contributed by atoms with Crippen molar-refractivity contribution in [2.24, 2.45) is 0 Å². The number of pyridine rings is 1. The summed E-state index contributed by atoms with van der Waals surface area (Å²) in [6.45, 7) is 1.11. The van der Waals surface area contributed by atoms with Gasteiger partial charge in [0.15, 0.2) is 5.78 Å². The number of anilines is 2. The van der Waals surface area contributed by atoms with Crippen molar-refractivity contribution in [2.75, 3.05) is 23.7 Å². The summed E-state index contributed by atoms with van der Waals surface area (Å²) in [5.41, 5.74) is 7.12. The van der Waals surface area contributed by atoms with Gasteiger partial charge in [-0.15, -0.1) is 0 Å². The van der Waals surface area contributed by atoms with Gasteiger partial charge in [0.05, 0.1) is 5.56 Å². The summed E-state index contributed by atoms with van der Waals surface area (Å²) in [6.07, 6.45) is 3.26. The highest BCUT2D eigenvalue weighted by molar-refractivity contribution is 7.19. The molecule has 1 saturated heterocycles. The molecule has 4 rings (SSSR count). The maximum atomic E-state index is 14.1. The zero-order valence-corrected chi connectivity index (χ0v) is 16.8. The monoisotopic (exact) mass is 432 g/mol.